The highest BCUT2D eigenvalue weighted by Gasteiger charge is 2.20. The van der Waals surface area contributed by atoms with Crippen molar-refractivity contribution in [3.63, 3.8) is 0 Å². The van der Waals surface area contributed by atoms with E-state index in [4.69, 9.17) is 11.6 Å². The largest absolute Gasteiger partial charge is 0.351 e. The Balaban J connectivity index is 2.52. The Morgan fingerprint density at radius 3 is 2.79 bits per heavy atom. The Hall–Kier alpha value is -1.56. The smallest absolute Gasteiger partial charge is 0.287 e. The van der Waals surface area contributed by atoms with Gasteiger partial charge in [-0.15, -0.1) is 11.6 Å². The van der Waals surface area contributed by atoms with Crippen molar-refractivity contribution in [2.45, 2.75) is 26.7 Å². The van der Waals surface area contributed by atoms with Crippen LogP contribution in [0.1, 0.15) is 37.2 Å². The quantitative estimate of drug-likeness (QED) is 0.459. The fourth-order valence-corrected chi connectivity index (χ4v) is 1.80. The third-order valence-electron chi connectivity index (χ3n) is 2.84. The highest BCUT2D eigenvalue weighted by molar-refractivity contribution is 6.17. The molecule has 0 aliphatic rings. The number of carbonyl (C=O) groups is 1. The Labute approximate surface area is 116 Å². The SMILES string of the molecule is CC(C)(CCCCl)CNC(=O)c1cc([N+](=O)[O-])c[nH]1. The van der Waals surface area contributed by atoms with E-state index in [1.165, 1.54) is 12.3 Å². The minimum Gasteiger partial charge on any atom is -0.351 e. The van der Waals surface area contributed by atoms with E-state index in [0.29, 0.717) is 12.4 Å². The van der Waals surface area contributed by atoms with Crippen LogP contribution in [0.4, 0.5) is 5.69 Å². The van der Waals surface area contributed by atoms with Crippen LogP contribution >= 0.6 is 11.6 Å². The Kier molecular flexibility index (Phi) is 5.35. The summed E-state index contributed by atoms with van der Waals surface area (Å²) in [6, 6.07) is 1.22. The lowest BCUT2D eigenvalue weighted by Gasteiger charge is -2.24. The van der Waals surface area contributed by atoms with E-state index in [9.17, 15) is 14.9 Å². The minimum atomic E-state index is -0.544. The van der Waals surface area contributed by atoms with Crippen LogP contribution in [0.5, 0.6) is 0 Å². The minimum absolute atomic E-state index is 0.0525. The first-order valence-electron chi connectivity index (χ1n) is 6.03. The molecular formula is C12H18ClN3O3. The average Bonchev–Trinajstić information content (AvgIpc) is 2.83. The van der Waals surface area contributed by atoms with Gasteiger partial charge in [0.1, 0.15) is 5.69 Å². The summed E-state index contributed by atoms with van der Waals surface area (Å²) >= 11 is 5.64. The number of nitrogens with zero attached hydrogens (tertiary/aromatic N) is 1. The molecule has 1 heterocycles. The van der Waals surface area contributed by atoms with Crippen LogP contribution in [0, 0.1) is 15.5 Å². The molecule has 19 heavy (non-hydrogen) atoms. The van der Waals surface area contributed by atoms with Crippen LogP contribution < -0.4 is 5.32 Å². The summed E-state index contributed by atoms with van der Waals surface area (Å²) in [6.07, 6.45) is 2.99. The molecule has 1 amide bonds. The first kappa shape index (κ1) is 15.5. The van der Waals surface area contributed by atoms with Crippen molar-refractivity contribution in [2.24, 2.45) is 5.41 Å². The molecule has 0 atom stereocenters. The van der Waals surface area contributed by atoms with Gasteiger partial charge in [0.25, 0.3) is 11.6 Å². The molecule has 0 radical (unpaired) electrons. The average molecular weight is 288 g/mol. The van der Waals surface area contributed by atoms with E-state index in [1.807, 2.05) is 13.8 Å². The molecule has 0 bridgehead atoms. The van der Waals surface area contributed by atoms with Crippen LogP contribution in [0.15, 0.2) is 12.3 Å². The van der Waals surface area contributed by atoms with Crippen molar-refractivity contribution in [1.82, 2.24) is 10.3 Å². The summed E-state index contributed by atoms with van der Waals surface area (Å²) in [5.74, 6) is 0.257. The molecule has 0 unspecified atom stereocenters. The zero-order valence-corrected chi connectivity index (χ0v) is 11.8. The summed E-state index contributed by atoms with van der Waals surface area (Å²) in [4.78, 5) is 24.4. The van der Waals surface area contributed by atoms with Crippen molar-refractivity contribution in [3.05, 3.63) is 28.1 Å². The number of amides is 1. The van der Waals surface area contributed by atoms with Gasteiger partial charge >= 0.3 is 0 Å². The van der Waals surface area contributed by atoms with Gasteiger partial charge in [0.15, 0.2) is 0 Å². The Bertz CT molecular complexity index is 457. The van der Waals surface area contributed by atoms with Gasteiger partial charge in [-0.25, -0.2) is 0 Å². The highest BCUT2D eigenvalue weighted by atomic mass is 35.5. The molecule has 0 fully saturated rings. The van der Waals surface area contributed by atoms with Crippen molar-refractivity contribution in [3.8, 4) is 0 Å². The molecule has 0 aliphatic heterocycles. The molecule has 0 aromatic carbocycles. The predicted molar refractivity (Wildman–Crippen MR) is 73.5 cm³/mol. The molecule has 1 rings (SSSR count). The molecule has 7 heteroatoms. The molecule has 6 nitrogen and oxygen atoms in total. The predicted octanol–water partition coefficient (Wildman–Crippen LogP) is 2.70. The number of aromatic amines is 1. The lowest BCUT2D eigenvalue weighted by atomic mass is 9.88. The van der Waals surface area contributed by atoms with Crippen LogP contribution in [0.25, 0.3) is 0 Å². The summed E-state index contributed by atoms with van der Waals surface area (Å²) in [5.41, 5.74) is 0.0229. The van der Waals surface area contributed by atoms with Crippen molar-refractivity contribution in [2.75, 3.05) is 12.4 Å². The Morgan fingerprint density at radius 1 is 1.58 bits per heavy atom. The maximum Gasteiger partial charge on any atom is 0.287 e. The van der Waals surface area contributed by atoms with E-state index < -0.39 is 4.92 Å². The van der Waals surface area contributed by atoms with E-state index in [-0.39, 0.29) is 22.7 Å². The third kappa shape index (κ3) is 4.90. The highest BCUT2D eigenvalue weighted by Crippen LogP contribution is 2.21. The molecule has 0 saturated heterocycles. The molecule has 1 aromatic rings. The second kappa shape index (κ2) is 6.56. The summed E-state index contributed by atoms with van der Waals surface area (Å²) in [6.45, 7) is 4.57. The number of H-pyrrole nitrogens is 1. The lowest BCUT2D eigenvalue weighted by molar-refractivity contribution is -0.384. The summed E-state index contributed by atoms with van der Waals surface area (Å²) in [7, 11) is 0. The zero-order chi connectivity index (χ0) is 14.5. The van der Waals surface area contributed by atoms with Crippen LogP contribution in [0.2, 0.25) is 0 Å². The van der Waals surface area contributed by atoms with Gasteiger partial charge in [0, 0.05) is 18.5 Å². The molecule has 0 saturated carbocycles. The fraction of sp³-hybridized carbons (Fsp3) is 0.583. The number of alkyl halides is 1. The maximum atomic E-state index is 11.8. The van der Waals surface area contributed by atoms with Gasteiger partial charge in [0.2, 0.25) is 0 Å². The van der Waals surface area contributed by atoms with Crippen LogP contribution in [-0.4, -0.2) is 28.2 Å². The number of nitro groups is 1. The van der Waals surface area contributed by atoms with Gasteiger partial charge in [-0.2, -0.15) is 0 Å². The normalized spacial score (nSPS) is 11.3. The van der Waals surface area contributed by atoms with Gasteiger partial charge in [-0.3, -0.25) is 14.9 Å². The summed E-state index contributed by atoms with van der Waals surface area (Å²) < 4.78 is 0. The fourth-order valence-electron chi connectivity index (χ4n) is 1.67. The topological polar surface area (TPSA) is 88.0 Å². The molecule has 0 aliphatic carbocycles. The summed E-state index contributed by atoms with van der Waals surface area (Å²) in [5, 5.41) is 13.3. The lowest BCUT2D eigenvalue weighted by Crippen LogP contribution is -2.34. The van der Waals surface area contributed by atoms with Gasteiger partial charge < -0.3 is 10.3 Å². The molecule has 2 N–H and O–H groups in total. The standard InChI is InChI=1S/C12H18ClN3O3/c1-12(2,4-3-5-13)8-15-11(17)10-6-9(7-14-10)16(18)19/h6-7,14H,3-5,8H2,1-2H3,(H,15,17). The van der Waals surface area contributed by atoms with E-state index in [1.54, 1.807) is 0 Å². The number of rotatable bonds is 7. The molecule has 106 valence electrons. The molecule has 1 aromatic heterocycles. The van der Waals surface area contributed by atoms with Gasteiger partial charge in [-0.1, -0.05) is 13.8 Å². The van der Waals surface area contributed by atoms with Crippen molar-refractivity contribution >= 4 is 23.2 Å². The molecule has 0 spiro atoms. The number of hydrogen-bond donors (Lipinski definition) is 2. The van der Waals surface area contributed by atoms with Crippen LogP contribution in [-0.2, 0) is 0 Å². The molecular weight excluding hydrogens is 270 g/mol. The Morgan fingerprint density at radius 2 is 2.26 bits per heavy atom. The first-order chi connectivity index (χ1) is 8.85. The zero-order valence-electron chi connectivity index (χ0n) is 11.0. The second-order valence-corrected chi connectivity index (χ2v) is 5.55. The van der Waals surface area contributed by atoms with Crippen LogP contribution in [0.3, 0.4) is 0 Å². The van der Waals surface area contributed by atoms with Crippen molar-refractivity contribution in [1.29, 1.82) is 0 Å². The first-order valence-corrected chi connectivity index (χ1v) is 6.56. The van der Waals surface area contributed by atoms with E-state index in [0.717, 1.165) is 12.8 Å². The number of carbonyl (C=O) groups excluding carboxylic acids is 1. The van der Waals surface area contributed by atoms with Crippen molar-refractivity contribution < 1.29 is 9.72 Å². The van der Waals surface area contributed by atoms with Gasteiger partial charge in [-0.05, 0) is 18.3 Å². The number of nitrogens with one attached hydrogen (secondary N) is 2. The number of hydrogen-bond acceptors (Lipinski definition) is 3. The number of aromatic nitrogens is 1. The maximum absolute atomic E-state index is 11.8. The van der Waals surface area contributed by atoms with E-state index in [2.05, 4.69) is 10.3 Å². The second-order valence-electron chi connectivity index (χ2n) is 5.17. The van der Waals surface area contributed by atoms with Gasteiger partial charge in [0.05, 0.1) is 11.1 Å². The third-order valence-corrected chi connectivity index (χ3v) is 3.11. The monoisotopic (exact) mass is 287 g/mol. The van der Waals surface area contributed by atoms with E-state index >= 15 is 0 Å². The number of halogens is 1.